The number of nitro groups is 1. The highest BCUT2D eigenvalue weighted by Crippen LogP contribution is 2.29. The van der Waals surface area contributed by atoms with E-state index in [0.717, 1.165) is 41.7 Å². The zero-order valence-corrected chi connectivity index (χ0v) is 13.1. The molecule has 1 atom stereocenters. The fourth-order valence-electron chi connectivity index (χ4n) is 2.49. The summed E-state index contributed by atoms with van der Waals surface area (Å²) in [6.07, 6.45) is 2.20. The summed E-state index contributed by atoms with van der Waals surface area (Å²) in [7, 11) is 0. The van der Waals surface area contributed by atoms with Crippen molar-refractivity contribution in [3.8, 4) is 0 Å². The molecule has 1 unspecified atom stereocenters. The van der Waals surface area contributed by atoms with Crippen molar-refractivity contribution in [2.45, 2.75) is 25.8 Å². The maximum absolute atomic E-state index is 10.8. The summed E-state index contributed by atoms with van der Waals surface area (Å²) in [5.41, 5.74) is 1.27. The van der Waals surface area contributed by atoms with Crippen LogP contribution in [0.2, 0.25) is 0 Å². The van der Waals surface area contributed by atoms with Gasteiger partial charge in [0.05, 0.1) is 10.6 Å². The average molecular weight is 375 g/mol. The lowest BCUT2D eigenvalue weighted by Crippen LogP contribution is -2.38. The van der Waals surface area contributed by atoms with Crippen LogP contribution < -0.4 is 10.2 Å². The zero-order chi connectivity index (χ0) is 13.8. The van der Waals surface area contributed by atoms with E-state index in [4.69, 9.17) is 0 Å². The highest BCUT2D eigenvalue weighted by Gasteiger charge is 2.24. The van der Waals surface area contributed by atoms with Gasteiger partial charge < -0.3 is 10.2 Å². The minimum atomic E-state index is -0.340. The molecule has 1 aromatic rings. The molecule has 1 aliphatic rings. The van der Waals surface area contributed by atoms with Crippen molar-refractivity contribution in [3.63, 3.8) is 0 Å². The fraction of sp³-hybridized carbons (Fsp3) is 0.538. The van der Waals surface area contributed by atoms with Gasteiger partial charge in [-0.25, -0.2) is 0 Å². The SMILES string of the molecule is CCCN(c1ccc([N+](=O)[O-])cc1I)C1CCNC1. The van der Waals surface area contributed by atoms with Crippen LogP contribution in [0.15, 0.2) is 18.2 Å². The van der Waals surface area contributed by atoms with Gasteiger partial charge in [-0.1, -0.05) is 6.92 Å². The molecule has 0 saturated carbocycles. The number of nitrogens with zero attached hydrogens (tertiary/aromatic N) is 2. The molecule has 1 fully saturated rings. The van der Waals surface area contributed by atoms with Crippen molar-refractivity contribution in [2.75, 3.05) is 24.5 Å². The minimum absolute atomic E-state index is 0.161. The quantitative estimate of drug-likeness (QED) is 0.489. The maximum atomic E-state index is 10.8. The first-order chi connectivity index (χ1) is 9.13. The third-order valence-electron chi connectivity index (χ3n) is 3.39. The molecule has 0 radical (unpaired) electrons. The monoisotopic (exact) mass is 375 g/mol. The molecule has 1 N–H and O–H groups in total. The molecule has 104 valence electrons. The molecular formula is C13H18IN3O2. The topological polar surface area (TPSA) is 58.4 Å². The van der Waals surface area contributed by atoms with E-state index in [9.17, 15) is 10.1 Å². The smallest absolute Gasteiger partial charge is 0.270 e. The average Bonchev–Trinajstić information content (AvgIpc) is 2.90. The summed E-state index contributed by atoms with van der Waals surface area (Å²) in [5, 5.41) is 14.2. The second kappa shape index (κ2) is 6.51. The van der Waals surface area contributed by atoms with Gasteiger partial charge in [0.2, 0.25) is 0 Å². The van der Waals surface area contributed by atoms with Gasteiger partial charge in [-0.2, -0.15) is 0 Å². The molecule has 5 nitrogen and oxygen atoms in total. The molecule has 1 heterocycles. The van der Waals surface area contributed by atoms with Crippen LogP contribution in [0.1, 0.15) is 19.8 Å². The lowest BCUT2D eigenvalue weighted by molar-refractivity contribution is -0.384. The Hall–Kier alpha value is -0.890. The van der Waals surface area contributed by atoms with E-state index in [1.807, 2.05) is 6.07 Å². The van der Waals surface area contributed by atoms with Gasteiger partial charge in [0.15, 0.2) is 0 Å². The molecule has 1 aromatic carbocycles. The number of hydrogen-bond acceptors (Lipinski definition) is 4. The molecular weight excluding hydrogens is 357 g/mol. The van der Waals surface area contributed by atoms with Crippen molar-refractivity contribution in [3.05, 3.63) is 31.9 Å². The van der Waals surface area contributed by atoms with Crippen LogP contribution >= 0.6 is 22.6 Å². The van der Waals surface area contributed by atoms with E-state index in [2.05, 4.69) is 39.7 Å². The summed E-state index contributed by atoms with van der Waals surface area (Å²) in [4.78, 5) is 12.8. The summed E-state index contributed by atoms with van der Waals surface area (Å²) in [6.45, 7) is 5.19. The molecule has 19 heavy (non-hydrogen) atoms. The number of benzene rings is 1. The Kier molecular flexibility index (Phi) is 4.98. The molecule has 0 spiro atoms. The Morgan fingerprint density at radius 1 is 1.58 bits per heavy atom. The number of nitrogens with one attached hydrogen (secondary N) is 1. The summed E-state index contributed by atoms with van der Waals surface area (Å²) < 4.78 is 0.951. The Morgan fingerprint density at radius 2 is 2.37 bits per heavy atom. The summed E-state index contributed by atoms with van der Waals surface area (Å²) >= 11 is 2.19. The van der Waals surface area contributed by atoms with Gasteiger partial charge in [0.25, 0.3) is 5.69 Å². The van der Waals surface area contributed by atoms with E-state index in [0.29, 0.717) is 6.04 Å². The molecule has 0 aliphatic carbocycles. The van der Waals surface area contributed by atoms with Gasteiger partial charge in [-0.05, 0) is 48.0 Å². The van der Waals surface area contributed by atoms with E-state index in [1.165, 1.54) is 0 Å². The van der Waals surface area contributed by atoms with Crippen LogP contribution in [-0.2, 0) is 0 Å². The molecule has 0 aromatic heterocycles. The lowest BCUT2D eigenvalue weighted by atomic mass is 10.1. The van der Waals surface area contributed by atoms with Gasteiger partial charge in [-0.3, -0.25) is 10.1 Å². The number of anilines is 1. The minimum Gasteiger partial charge on any atom is -0.366 e. The number of hydrogen-bond donors (Lipinski definition) is 1. The molecule has 2 rings (SSSR count). The Bertz CT molecular complexity index is 461. The maximum Gasteiger partial charge on any atom is 0.270 e. The van der Waals surface area contributed by atoms with Gasteiger partial charge in [-0.15, -0.1) is 0 Å². The fourth-order valence-corrected chi connectivity index (χ4v) is 3.30. The van der Waals surface area contributed by atoms with Crippen LogP contribution in [0.3, 0.4) is 0 Å². The molecule has 0 bridgehead atoms. The lowest BCUT2D eigenvalue weighted by Gasteiger charge is -2.31. The Balaban J connectivity index is 2.28. The standard InChI is InChI=1S/C13H18IN3O2/c1-2-7-16(11-5-6-15-9-11)13-4-3-10(17(18)19)8-12(13)14/h3-4,8,11,15H,2,5-7,9H2,1H3. The number of nitro benzene ring substituents is 1. The normalized spacial score (nSPS) is 18.5. The van der Waals surface area contributed by atoms with Crippen LogP contribution in [0, 0.1) is 13.7 Å². The van der Waals surface area contributed by atoms with Crippen LogP contribution in [0.25, 0.3) is 0 Å². The van der Waals surface area contributed by atoms with Crippen LogP contribution in [0.4, 0.5) is 11.4 Å². The van der Waals surface area contributed by atoms with E-state index < -0.39 is 0 Å². The highest BCUT2D eigenvalue weighted by atomic mass is 127. The molecule has 1 aliphatic heterocycles. The molecule has 1 saturated heterocycles. The second-order valence-electron chi connectivity index (χ2n) is 4.73. The van der Waals surface area contributed by atoms with Crippen LogP contribution in [-0.4, -0.2) is 30.6 Å². The van der Waals surface area contributed by atoms with Crippen molar-refractivity contribution in [1.82, 2.24) is 5.32 Å². The van der Waals surface area contributed by atoms with Gasteiger partial charge in [0, 0.05) is 34.8 Å². The van der Waals surface area contributed by atoms with E-state index in [-0.39, 0.29) is 10.6 Å². The number of rotatable bonds is 5. The first-order valence-electron chi connectivity index (χ1n) is 6.54. The van der Waals surface area contributed by atoms with Crippen molar-refractivity contribution >= 4 is 34.0 Å². The van der Waals surface area contributed by atoms with Gasteiger partial charge in [0.1, 0.15) is 0 Å². The second-order valence-corrected chi connectivity index (χ2v) is 5.90. The van der Waals surface area contributed by atoms with E-state index in [1.54, 1.807) is 12.1 Å². The Labute approximate surface area is 126 Å². The highest BCUT2D eigenvalue weighted by molar-refractivity contribution is 14.1. The van der Waals surface area contributed by atoms with E-state index >= 15 is 0 Å². The number of non-ortho nitro benzene ring substituents is 1. The first kappa shape index (κ1) is 14.5. The molecule has 0 amide bonds. The van der Waals surface area contributed by atoms with Crippen LogP contribution in [0.5, 0.6) is 0 Å². The van der Waals surface area contributed by atoms with Crippen molar-refractivity contribution in [1.29, 1.82) is 0 Å². The van der Waals surface area contributed by atoms with Crippen molar-refractivity contribution < 1.29 is 4.92 Å². The zero-order valence-electron chi connectivity index (χ0n) is 10.9. The third-order valence-corrected chi connectivity index (χ3v) is 4.26. The predicted molar refractivity (Wildman–Crippen MR) is 84.7 cm³/mol. The van der Waals surface area contributed by atoms with Gasteiger partial charge >= 0.3 is 0 Å². The summed E-state index contributed by atoms with van der Waals surface area (Å²) in [5.74, 6) is 0. The summed E-state index contributed by atoms with van der Waals surface area (Å²) in [6, 6.07) is 5.63. The largest absolute Gasteiger partial charge is 0.366 e. The number of halogens is 1. The predicted octanol–water partition coefficient (Wildman–Crippen LogP) is 2.78. The molecule has 6 heteroatoms. The third kappa shape index (κ3) is 3.36. The van der Waals surface area contributed by atoms with Crippen molar-refractivity contribution in [2.24, 2.45) is 0 Å². The first-order valence-corrected chi connectivity index (χ1v) is 7.62. The Morgan fingerprint density at radius 3 is 2.89 bits per heavy atom.